The lowest BCUT2D eigenvalue weighted by Gasteiger charge is -2.32. The molecule has 0 bridgehead atoms. The van der Waals surface area contributed by atoms with E-state index in [9.17, 15) is 4.79 Å². The SMILES string of the molecule is Cc1ccnc(N2CCC[C@H](C(=O)NCCc3ccccc3Cl)C2)n1. The largest absolute Gasteiger partial charge is 0.355 e. The third-order valence-electron chi connectivity index (χ3n) is 4.51. The number of amides is 1. The van der Waals surface area contributed by atoms with Crippen molar-refractivity contribution in [3.05, 3.63) is 52.8 Å². The normalized spacial score (nSPS) is 17.4. The number of hydrogen-bond donors (Lipinski definition) is 1. The molecule has 0 aliphatic carbocycles. The van der Waals surface area contributed by atoms with Crippen LogP contribution in [0.3, 0.4) is 0 Å². The summed E-state index contributed by atoms with van der Waals surface area (Å²) in [5, 5.41) is 3.79. The van der Waals surface area contributed by atoms with Gasteiger partial charge >= 0.3 is 0 Å². The van der Waals surface area contributed by atoms with Crippen molar-refractivity contribution in [1.82, 2.24) is 15.3 Å². The zero-order chi connectivity index (χ0) is 17.6. The molecule has 5 nitrogen and oxygen atoms in total. The van der Waals surface area contributed by atoms with E-state index in [1.807, 2.05) is 37.3 Å². The van der Waals surface area contributed by atoms with Crippen molar-refractivity contribution in [1.29, 1.82) is 0 Å². The van der Waals surface area contributed by atoms with Crippen LogP contribution in [0.1, 0.15) is 24.1 Å². The first-order chi connectivity index (χ1) is 12.1. The Balaban J connectivity index is 1.52. The van der Waals surface area contributed by atoms with E-state index in [1.165, 1.54) is 0 Å². The Morgan fingerprint density at radius 2 is 2.20 bits per heavy atom. The van der Waals surface area contributed by atoms with Crippen LogP contribution in [0.5, 0.6) is 0 Å². The molecule has 2 aromatic rings. The molecule has 1 aromatic heterocycles. The molecule has 6 heteroatoms. The first-order valence-corrected chi connectivity index (χ1v) is 9.07. The van der Waals surface area contributed by atoms with Crippen molar-refractivity contribution in [2.75, 3.05) is 24.5 Å². The predicted octanol–water partition coefficient (Wildman–Crippen LogP) is 3.01. The number of hydrogen-bond acceptors (Lipinski definition) is 4. The van der Waals surface area contributed by atoms with Gasteiger partial charge in [-0.05, 0) is 43.9 Å². The molecule has 1 aliphatic rings. The molecule has 1 N–H and O–H groups in total. The Hall–Kier alpha value is -2.14. The highest BCUT2D eigenvalue weighted by molar-refractivity contribution is 6.31. The molecule has 0 unspecified atom stereocenters. The van der Waals surface area contributed by atoms with Crippen LogP contribution in [0.4, 0.5) is 5.95 Å². The second kappa shape index (κ2) is 8.30. The van der Waals surface area contributed by atoms with Crippen LogP contribution in [0, 0.1) is 12.8 Å². The Bertz CT molecular complexity index is 737. The standard InChI is InChI=1S/C19H23ClN4O/c1-14-8-10-22-19(23-14)24-12-4-6-16(13-24)18(25)21-11-9-15-5-2-3-7-17(15)20/h2-3,5,7-8,10,16H,4,6,9,11-13H2,1H3,(H,21,25)/t16-/m0/s1. The minimum Gasteiger partial charge on any atom is -0.355 e. The molecule has 1 aliphatic heterocycles. The minimum absolute atomic E-state index is 0.0240. The molecular weight excluding hydrogens is 336 g/mol. The van der Waals surface area contributed by atoms with Crippen LogP contribution in [-0.4, -0.2) is 35.5 Å². The molecule has 1 atom stereocenters. The molecule has 1 aromatic carbocycles. The average Bonchev–Trinajstić information content (AvgIpc) is 2.63. The molecule has 3 rings (SSSR count). The van der Waals surface area contributed by atoms with Crippen LogP contribution in [-0.2, 0) is 11.2 Å². The van der Waals surface area contributed by atoms with Crippen molar-refractivity contribution in [2.24, 2.45) is 5.92 Å². The number of anilines is 1. The molecule has 1 saturated heterocycles. The summed E-state index contributed by atoms with van der Waals surface area (Å²) >= 11 is 6.15. The molecular formula is C19H23ClN4O. The lowest BCUT2D eigenvalue weighted by molar-refractivity contribution is -0.125. The second-order valence-corrected chi connectivity index (χ2v) is 6.82. The van der Waals surface area contributed by atoms with Gasteiger partial charge in [0, 0.05) is 36.5 Å². The van der Waals surface area contributed by atoms with Crippen LogP contribution in [0.25, 0.3) is 0 Å². The van der Waals surface area contributed by atoms with E-state index in [0.29, 0.717) is 19.0 Å². The third kappa shape index (κ3) is 4.69. The molecule has 0 saturated carbocycles. The quantitative estimate of drug-likeness (QED) is 0.892. The Morgan fingerprint density at radius 3 is 3.00 bits per heavy atom. The Labute approximate surface area is 153 Å². The van der Waals surface area contributed by atoms with Gasteiger partial charge in [0.2, 0.25) is 11.9 Å². The van der Waals surface area contributed by atoms with E-state index in [4.69, 9.17) is 11.6 Å². The van der Waals surface area contributed by atoms with Gasteiger partial charge in [0.1, 0.15) is 0 Å². The first kappa shape index (κ1) is 17.7. The number of carbonyl (C=O) groups is 1. The van der Waals surface area contributed by atoms with Crippen LogP contribution < -0.4 is 10.2 Å². The maximum absolute atomic E-state index is 12.5. The number of aryl methyl sites for hydroxylation is 1. The van der Waals surface area contributed by atoms with E-state index in [-0.39, 0.29) is 11.8 Å². The number of nitrogens with one attached hydrogen (secondary N) is 1. The van der Waals surface area contributed by atoms with Gasteiger partial charge in [-0.2, -0.15) is 0 Å². The van der Waals surface area contributed by atoms with Gasteiger partial charge < -0.3 is 10.2 Å². The number of benzene rings is 1. The highest BCUT2D eigenvalue weighted by Gasteiger charge is 2.26. The molecule has 132 valence electrons. The summed E-state index contributed by atoms with van der Waals surface area (Å²) in [6.45, 7) is 4.11. The van der Waals surface area contributed by atoms with E-state index < -0.39 is 0 Å². The number of aromatic nitrogens is 2. The lowest BCUT2D eigenvalue weighted by Crippen LogP contribution is -2.44. The van der Waals surface area contributed by atoms with Gasteiger partial charge in [0.05, 0.1) is 5.92 Å². The lowest BCUT2D eigenvalue weighted by atomic mass is 9.97. The maximum atomic E-state index is 12.5. The van der Waals surface area contributed by atoms with Crippen molar-refractivity contribution < 1.29 is 4.79 Å². The fraction of sp³-hybridized carbons (Fsp3) is 0.421. The van der Waals surface area contributed by atoms with Gasteiger partial charge in [-0.15, -0.1) is 0 Å². The highest BCUT2D eigenvalue weighted by atomic mass is 35.5. The second-order valence-electron chi connectivity index (χ2n) is 6.42. The Morgan fingerprint density at radius 1 is 1.36 bits per heavy atom. The van der Waals surface area contributed by atoms with Crippen LogP contribution >= 0.6 is 11.6 Å². The topological polar surface area (TPSA) is 58.1 Å². The predicted molar refractivity (Wildman–Crippen MR) is 99.9 cm³/mol. The molecule has 1 fully saturated rings. The number of piperidine rings is 1. The fourth-order valence-corrected chi connectivity index (χ4v) is 3.36. The zero-order valence-electron chi connectivity index (χ0n) is 14.4. The number of nitrogens with zero attached hydrogens (tertiary/aromatic N) is 3. The molecule has 0 radical (unpaired) electrons. The van der Waals surface area contributed by atoms with Gasteiger partial charge in [-0.1, -0.05) is 29.8 Å². The molecule has 2 heterocycles. The molecule has 25 heavy (non-hydrogen) atoms. The zero-order valence-corrected chi connectivity index (χ0v) is 15.2. The molecule has 1 amide bonds. The monoisotopic (exact) mass is 358 g/mol. The number of carbonyl (C=O) groups excluding carboxylic acids is 1. The Kier molecular flexibility index (Phi) is 5.87. The van der Waals surface area contributed by atoms with Gasteiger partial charge in [-0.3, -0.25) is 4.79 Å². The number of rotatable bonds is 5. The molecule has 0 spiro atoms. The van der Waals surface area contributed by atoms with Crippen LogP contribution in [0.2, 0.25) is 5.02 Å². The van der Waals surface area contributed by atoms with E-state index in [0.717, 1.165) is 42.1 Å². The average molecular weight is 359 g/mol. The van der Waals surface area contributed by atoms with E-state index >= 15 is 0 Å². The number of halogens is 1. The van der Waals surface area contributed by atoms with Gasteiger partial charge in [0.15, 0.2) is 0 Å². The summed E-state index contributed by atoms with van der Waals surface area (Å²) in [4.78, 5) is 23.4. The summed E-state index contributed by atoms with van der Waals surface area (Å²) in [5.74, 6) is 0.794. The minimum atomic E-state index is -0.0240. The van der Waals surface area contributed by atoms with E-state index in [2.05, 4.69) is 20.2 Å². The van der Waals surface area contributed by atoms with Gasteiger partial charge in [0.25, 0.3) is 0 Å². The summed E-state index contributed by atoms with van der Waals surface area (Å²) in [5.41, 5.74) is 2.00. The summed E-state index contributed by atoms with van der Waals surface area (Å²) in [6.07, 6.45) is 4.38. The van der Waals surface area contributed by atoms with Crippen molar-refractivity contribution in [2.45, 2.75) is 26.2 Å². The third-order valence-corrected chi connectivity index (χ3v) is 4.88. The fourth-order valence-electron chi connectivity index (χ4n) is 3.13. The summed E-state index contributed by atoms with van der Waals surface area (Å²) in [7, 11) is 0. The smallest absolute Gasteiger partial charge is 0.225 e. The van der Waals surface area contributed by atoms with Crippen LogP contribution in [0.15, 0.2) is 36.5 Å². The van der Waals surface area contributed by atoms with Crippen molar-refractivity contribution >= 4 is 23.5 Å². The van der Waals surface area contributed by atoms with Crippen molar-refractivity contribution in [3.8, 4) is 0 Å². The highest BCUT2D eigenvalue weighted by Crippen LogP contribution is 2.21. The summed E-state index contributed by atoms with van der Waals surface area (Å²) in [6, 6.07) is 9.62. The van der Waals surface area contributed by atoms with Crippen molar-refractivity contribution in [3.63, 3.8) is 0 Å². The van der Waals surface area contributed by atoms with Gasteiger partial charge in [-0.25, -0.2) is 9.97 Å². The maximum Gasteiger partial charge on any atom is 0.225 e. The summed E-state index contributed by atoms with van der Waals surface area (Å²) < 4.78 is 0. The first-order valence-electron chi connectivity index (χ1n) is 8.69. The van der Waals surface area contributed by atoms with E-state index in [1.54, 1.807) is 6.20 Å².